The molecule has 0 atom stereocenters. The molecule has 1 saturated carbocycles. The van der Waals surface area contributed by atoms with Gasteiger partial charge in [0.1, 0.15) is 0 Å². The molecule has 1 aromatic rings. The lowest BCUT2D eigenvalue weighted by atomic mass is 9.88. The van der Waals surface area contributed by atoms with Crippen LogP contribution in [0.5, 0.6) is 0 Å². The number of benzene rings is 1. The Labute approximate surface area is 120 Å². The molecule has 3 N–H and O–H groups in total. The summed E-state index contributed by atoms with van der Waals surface area (Å²) >= 11 is 0. The molecule has 3 heteroatoms. The van der Waals surface area contributed by atoms with Crippen LogP contribution in [-0.4, -0.2) is 12.5 Å². The van der Waals surface area contributed by atoms with Gasteiger partial charge in [-0.3, -0.25) is 4.79 Å². The Bertz CT molecular complexity index is 533. The lowest BCUT2D eigenvalue weighted by molar-refractivity contribution is -0.130. The SMILES string of the molecule is CC1(C(=O)NCc2ccccc2C#CCN)CCCC1. The molecule has 106 valence electrons. The van der Waals surface area contributed by atoms with Gasteiger partial charge in [-0.2, -0.15) is 0 Å². The maximum atomic E-state index is 12.3. The van der Waals surface area contributed by atoms with Crippen LogP contribution >= 0.6 is 0 Å². The molecule has 1 aromatic carbocycles. The minimum Gasteiger partial charge on any atom is -0.352 e. The van der Waals surface area contributed by atoms with E-state index in [9.17, 15) is 4.79 Å². The summed E-state index contributed by atoms with van der Waals surface area (Å²) in [6, 6.07) is 7.87. The Morgan fingerprint density at radius 1 is 1.35 bits per heavy atom. The summed E-state index contributed by atoms with van der Waals surface area (Å²) in [6.07, 6.45) is 4.30. The molecule has 0 saturated heterocycles. The van der Waals surface area contributed by atoms with Gasteiger partial charge in [0.25, 0.3) is 0 Å². The lowest BCUT2D eigenvalue weighted by Gasteiger charge is -2.22. The Morgan fingerprint density at radius 2 is 2.05 bits per heavy atom. The summed E-state index contributed by atoms with van der Waals surface area (Å²) in [4.78, 5) is 12.3. The molecule has 0 aromatic heterocycles. The zero-order valence-electron chi connectivity index (χ0n) is 12.0. The number of nitrogens with two attached hydrogens (primary N) is 1. The first kappa shape index (κ1) is 14.6. The topological polar surface area (TPSA) is 55.1 Å². The second-order valence-electron chi connectivity index (χ2n) is 5.61. The number of rotatable bonds is 3. The molecular formula is C17H22N2O. The predicted molar refractivity (Wildman–Crippen MR) is 80.8 cm³/mol. The number of amides is 1. The van der Waals surface area contributed by atoms with E-state index in [2.05, 4.69) is 24.1 Å². The molecule has 3 nitrogen and oxygen atoms in total. The molecule has 0 unspecified atom stereocenters. The van der Waals surface area contributed by atoms with Crippen molar-refractivity contribution in [3.05, 3.63) is 35.4 Å². The highest BCUT2D eigenvalue weighted by Gasteiger charge is 2.35. The van der Waals surface area contributed by atoms with Crippen molar-refractivity contribution in [1.82, 2.24) is 5.32 Å². The number of hydrogen-bond donors (Lipinski definition) is 2. The number of hydrogen-bond acceptors (Lipinski definition) is 2. The van der Waals surface area contributed by atoms with E-state index in [0.29, 0.717) is 13.1 Å². The number of carbonyl (C=O) groups is 1. The first-order valence-corrected chi connectivity index (χ1v) is 7.21. The Kier molecular flexibility index (Phi) is 4.81. The van der Waals surface area contributed by atoms with Gasteiger partial charge in [0.05, 0.1) is 6.54 Å². The van der Waals surface area contributed by atoms with E-state index < -0.39 is 0 Å². The van der Waals surface area contributed by atoms with Gasteiger partial charge in [0.15, 0.2) is 0 Å². The maximum absolute atomic E-state index is 12.3. The second-order valence-corrected chi connectivity index (χ2v) is 5.61. The average molecular weight is 270 g/mol. The molecule has 0 spiro atoms. The second kappa shape index (κ2) is 6.58. The summed E-state index contributed by atoms with van der Waals surface area (Å²) in [5.74, 6) is 6.07. The molecule has 1 aliphatic carbocycles. The first-order chi connectivity index (χ1) is 9.65. The third-order valence-electron chi connectivity index (χ3n) is 4.04. The molecule has 1 aliphatic rings. The lowest BCUT2D eigenvalue weighted by Crippen LogP contribution is -2.36. The van der Waals surface area contributed by atoms with E-state index in [-0.39, 0.29) is 11.3 Å². The van der Waals surface area contributed by atoms with Crippen LogP contribution in [0.3, 0.4) is 0 Å². The Balaban J connectivity index is 2.02. The van der Waals surface area contributed by atoms with Gasteiger partial charge >= 0.3 is 0 Å². The normalized spacial score (nSPS) is 16.3. The van der Waals surface area contributed by atoms with Crippen molar-refractivity contribution in [2.45, 2.75) is 39.2 Å². The molecule has 1 amide bonds. The maximum Gasteiger partial charge on any atom is 0.226 e. The summed E-state index contributed by atoms with van der Waals surface area (Å²) in [5.41, 5.74) is 7.21. The molecule has 0 heterocycles. The van der Waals surface area contributed by atoms with E-state index in [1.807, 2.05) is 24.3 Å². The fourth-order valence-electron chi connectivity index (χ4n) is 2.71. The zero-order chi connectivity index (χ0) is 14.4. The van der Waals surface area contributed by atoms with Crippen molar-refractivity contribution < 1.29 is 4.79 Å². The van der Waals surface area contributed by atoms with Gasteiger partial charge in [-0.15, -0.1) is 0 Å². The summed E-state index contributed by atoms with van der Waals surface area (Å²) in [7, 11) is 0. The van der Waals surface area contributed by atoms with Crippen LogP contribution < -0.4 is 11.1 Å². The van der Waals surface area contributed by atoms with Crippen LogP contribution in [0.2, 0.25) is 0 Å². The molecule has 0 radical (unpaired) electrons. The number of nitrogens with one attached hydrogen (secondary N) is 1. The zero-order valence-corrected chi connectivity index (χ0v) is 12.0. The summed E-state index contributed by atoms with van der Waals surface area (Å²) < 4.78 is 0. The van der Waals surface area contributed by atoms with Crippen molar-refractivity contribution in [1.29, 1.82) is 0 Å². The van der Waals surface area contributed by atoms with Gasteiger partial charge in [-0.1, -0.05) is 49.8 Å². The minimum absolute atomic E-state index is 0.164. The standard InChI is InChI=1S/C17H22N2O/c1-17(10-4-5-11-17)16(20)19-13-15-8-3-2-7-14(15)9-6-12-18/h2-3,7-8H,4-5,10-13,18H2,1H3,(H,19,20). The van der Waals surface area contributed by atoms with Gasteiger partial charge < -0.3 is 11.1 Å². The monoisotopic (exact) mass is 270 g/mol. The van der Waals surface area contributed by atoms with Crippen LogP contribution in [0.4, 0.5) is 0 Å². The molecule has 1 fully saturated rings. The van der Waals surface area contributed by atoms with E-state index >= 15 is 0 Å². The first-order valence-electron chi connectivity index (χ1n) is 7.21. The molecule has 0 bridgehead atoms. The van der Waals surface area contributed by atoms with Crippen molar-refractivity contribution in [2.75, 3.05) is 6.54 Å². The number of carbonyl (C=O) groups excluding carboxylic acids is 1. The fraction of sp³-hybridized carbons (Fsp3) is 0.471. The van der Waals surface area contributed by atoms with E-state index in [0.717, 1.165) is 36.8 Å². The van der Waals surface area contributed by atoms with Gasteiger partial charge in [-0.05, 0) is 24.5 Å². The Hall–Kier alpha value is -1.79. The molecule has 20 heavy (non-hydrogen) atoms. The molecular weight excluding hydrogens is 248 g/mol. The van der Waals surface area contributed by atoms with Crippen molar-refractivity contribution in [3.8, 4) is 11.8 Å². The van der Waals surface area contributed by atoms with Crippen molar-refractivity contribution in [2.24, 2.45) is 11.1 Å². The quantitative estimate of drug-likeness (QED) is 0.827. The van der Waals surface area contributed by atoms with Crippen LogP contribution in [0.25, 0.3) is 0 Å². The smallest absolute Gasteiger partial charge is 0.226 e. The third-order valence-corrected chi connectivity index (χ3v) is 4.04. The van der Waals surface area contributed by atoms with Crippen molar-refractivity contribution >= 4 is 5.91 Å². The van der Waals surface area contributed by atoms with Crippen LogP contribution in [-0.2, 0) is 11.3 Å². The Morgan fingerprint density at radius 3 is 2.75 bits per heavy atom. The van der Waals surface area contributed by atoms with Gasteiger partial charge in [0, 0.05) is 17.5 Å². The molecule has 0 aliphatic heterocycles. The minimum atomic E-state index is -0.183. The summed E-state index contributed by atoms with van der Waals surface area (Å²) in [6.45, 7) is 2.94. The highest BCUT2D eigenvalue weighted by molar-refractivity contribution is 5.82. The predicted octanol–water partition coefficient (Wildman–Crippen LogP) is 2.19. The average Bonchev–Trinajstić information content (AvgIpc) is 2.91. The summed E-state index contributed by atoms with van der Waals surface area (Å²) in [5, 5.41) is 3.06. The highest BCUT2D eigenvalue weighted by Crippen LogP contribution is 2.37. The fourth-order valence-corrected chi connectivity index (χ4v) is 2.71. The van der Waals surface area contributed by atoms with Gasteiger partial charge in [-0.25, -0.2) is 0 Å². The molecule has 2 rings (SSSR count). The third kappa shape index (κ3) is 3.40. The van der Waals surface area contributed by atoms with E-state index in [1.165, 1.54) is 0 Å². The highest BCUT2D eigenvalue weighted by atomic mass is 16.2. The van der Waals surface area contributed by atoms with E-state index in [4.69, 9.17) is 5.73 Å². The van der Waals surface area contributed by atoms with Crippen LogP contribution in [0.15, 0.2) is 24.3 Å². The van der Waals surface area contributed by atoms with Gasteiger partial charge in [0.2, 0.25) is 5.91 Å². The van der Waals surface area contributed by atoms with Crippen molar-refractivity contribution in [3.63, 3.8) is 0 Å². The van der Waals surface area contributed by atoms with E-state index in [1.54, 1.807) is 0 Å². The van der Waals surface area contributed by atoms with Crippen LogP contribution in [0, 0.1) is 17.3 Å². The largest absolute Gasteiger partial charge is 0.352 e. The van der Waals surface area contributed by atoms with Crippen LogP contribution in [0.1, 0.15) is 43.7 Å².